The third-order valence-electron chi connectivity index (χ3n) is 4.66. The molecule has 1 heterocycles. The van der Waals surface area contributed by atoms with Crippen molar-refractivity contribution >= 4 is 34.8 Å². The number of methoxy groups -OCH3 is 1. The van der Waals surface area contributed by atoms with Gasteiger partial charge in [-0.25, -0.2) is 9.67 Å². The molecule has 3 aromatic carbocycles. The number of benzene rings is 3. The Balaban J connectivity index is 1.73. The summed E-state index contributed by atoms with van der Waals surface area (Å²) in [5.41, 5.74) is 2.99. The summed E-state index contributed by atoms with van der Waals surface area (Å²) in [6, 6.07) is 19.8. The fourth-order valence-corrected chi connectivity index (χ4v) is 3.26. The van der Waals surface area contributed by atoms with Crippen LogP contribution in [0, 0.1) is 6.92 Å². The van der Waals surface area contributed by atoms with Gasteiger partial charge in [0.05, 0.1) is 12.8 Å². The first kappa shape index (κ1) is 20.9. The van der Waals surface area contributed by atoms with Gasteiger partial charge in [-0.15, -0.1) is 5.10 Å². The van der Waals surface area contributed by atoms with Crippen LogP contribution < -0.4 is 10.1 Å². The van der Waals surface area contributed by atoms with Crippen LogP contribution in [-0.2, 0) is 0 Å². The van der Waals surface area contributed by atoms with Gasteiger partial charge < -0.3 is 10.1 Å². The first-order chi connectivity index (χ1) is 14.9. The monoisotopic (exact) mass is 452 g/mol. The van der Waals surface area contributed by atoms with E-state index in [1.165, 1.54) is 0 Å². The van der Waals surface area contributed by atoms with Crippen molar-refractivity contribution in [3.05, 3.63) is 88.2 Å². The molecule has 0 aliphatic heterocycles. The van der Waals surface area contributed by atoms with E-state index in [0.29, 0.717) is 27.3 Å². The first-order valence-electron chi connectivity index (χ1n) is 9.39. The van der Waals surface area contributed by atoms with Crippen LogP contribution >= 0.6 is 23.2 Å². The minimum Gasteiger partial charge on any atom is -0.497 e. The molecule has 0 saturated carbocycles. The van der Waals surface area contributed by atoms with Crippen molar-refractivity contribution in [1.29, 1.82) is 0 Å². The second kappa shape index (κ2) is 8.79. The number of nitrogens with one attached hydrogen (secondary N) is 1. The van der Waals surface area contributed by atoms with Crippen LogP contribution in [0.15, 0.2) is 66.7 Å². The molecule has 4 aromatic rings. The van der Waals surface area contributed by atoms with Gasteiger partial charge in [-0.05, 0) is 73.2 Å². The molecule has 0 bridgehead atoms. The smallest absolute Gasteiger partial charge is 0.295 e. The van der Waals surface area contributed by atoms with E-state index in [2.05, 4.69) is 15.4 Å². The van der Waals surface area contributed by atoms with Gasteiger partial charge in [0.25, 0.3) is 5.91 Å². The lowest BCUT2D eigenvalue weighted by Gasteiger charge is -2.07. The number of hydrogen-bond donors (Lipinski definition) is 1. The van der Waals surface area contributed by atoms with Crippen molar-refractivity contribution < 1.29 is 9.53 Å². The first-order valence-corrected chi connectivity index (χ1v) is 10.1. The minimum absolute atomic E-state index is 0.0254. The molecule has 4 rings (SSSR count). The van der Waals surface area contributed by atoms with Crippen LogP contribution in [0.3, 0.4) is 0 Å². The number of aryl methyl sites for hydroxylation is 1. The third-order valence-corrected chi connectivity index (χ3v) is 5.32. The third kappa shape index (κ3) is 4.55. The number of hydrogen-bond acceptors (Lipinski definition) is 4. The Morgan fingerprint density at radius 2 is 1.71 bits per heavy atom. The van der Waals surface area contributed by atoms with E-state index in [0.717, 1.165) is 16.8 Å². The quantitative estimate of drug-likeness (QED) is 0.414. The standard InChI is InChI=1S/C23H18Cl2N4O2/c1-14-3-8-17(13-20(14)25)26-23(30)21-27-22(15-4-6-16(24)7-5-15)29(28-21)18-9-11-19(31-2)12-10-18/h3-13H,1-2H3,(H,26,30). The molecule has 0 spiro atoms. The van der Waals surface area contributed by atoms with Gasteiger partial charge in [-0.2, -0.15) is 0 Å². The van der Waals surface area contributed by atoms with E-state index < -0.39 is 5.91 Å². The van der Waals surface area contributed by atoms with E-state index in [4.69, 9.17) is 27.9 Å². The predicted molar refractivity (Wildman–Crippen MR) is 122 cm³/mol. The molecule has 8 heteroatoms. The topological polar surface area (TPSA) is 69.0 Å². The number of aromatic nitrogens is 3. The van der Waals surface area contributed by atoms with E-state index in [1.54, 1.807) is 36.1 Å². The highest BCUT2D eigenvalue weighted by Gasteiger charge is 2.19. The van der Waals surface area contributed by atoms with Crippen molar-refractivity contribution in [2.24, 2.45) is 0 Å². The number of halogens is 2. The predicted octanol–water partition coefficient (Wildman–Crippen LogP) is 5.81. The molecule has 0 atom stereocenters. The van der Waals surface area contributed by atoms with Crippen molar-refractivity contribution in [2.45, 2.75) is 6.92 Å². The molecule has 0 saturated heterocycles. The Morgan fingerprint density at radius 1 is 1.00 bits per heavy atom. The highest BCUT2D eigenvalue weighted by atomic mass is 35.5. The highest BCUT2D eigenvalue weighted by Crippen LogP contribution is 2.25. The zero-order valence-corrected chi connectivity index (χ0v) is 18.3. The van der Waals surface area contributed by atoms with E-state index in [9.17, 15) is 4.79 Å². The van der Waals surface area contributed by atoms with Crippen molar-refractivity contribution in [1.82, 2.24) is 14.8 Å². The molecular formula is C23H18Cl2N4O2. The second-order valence-corrected chi connectivity index (χ2v) is 7.64. The summed E-state index contributed by atoms with van der Waals surface area (Å²) < 4.78 is 6.84. The maximum atomic E-state index is 12.9. The fraction of sp³-hybridized carbons (Fsp3) is 0.0870. The summed E-state index contributed by atoms with van der Waals surface area (Å²) in [4.78, 5) is 17.4. The lowest BCUT2D eigenvalue weighted by molar-refractivity contribution is 0.101. The number of carbonyl (C=O) groups is 1. The lowest BCUT2D eigenvalue weighted by atomic mass is 10.2. The van der Waals surface area contributed by atoms with Gasteiger partial charge in [0.2, 0.25) is 5.82 Å². The van der Waals surface area contributed by atoms with Gasteiger partial charge in [0.15, 0.2) is 5.82 Å². The molecule has 0 aliphatic carbocycles. The Bertz CT molecular complexity index is 1240. The molecule has 0 aliphatic rings. The SMILES string of the molecule is COc1ccc(-n2nc(C(=O)Nc3ccc(C)c(Cl)c3)nc2-c2ccc(Cl)cc2)cc1. The zero-order chi connectivity index (χ0) is 22.0. The molecule has 1 N–H and O–H groups in total. The maximum Gasteiger partial charge on any atom is 0.295 e. The van der Waals surface area contributed by atoms with Crippen molar-refractivity contribution in [3.8, 4) is 22.8 Å². The highest BCUT2D eigenvalue weighted by molar-refractivity contribution is 6.31. The lowest BCUT2D eigenvalue weighted by Crippen LogP contribution is -2.14. The van der Waals surface area contributed by atoms with Crippen LogP contribution in [0.1, 0.15) is 16.2 Å². The number of carbonyl (C=O) groups excluding carboxylic acids is 1. The zero-order valence-electron chi connectivity index (χ0n) is 16.8. The average molecular weight is 453 g/mol. The van der Waals surface area contributed by atoms with E-state index in [-0.39, 0.29) is 5.82 Å². The van der Waals surface area contributed by atoms with Gasteiger partial charge in [0, 0.05) is 21.3 Å². The van der Waals surface area contributed by atoms with E-state index >= 15 is 0 Å². The van der Waals surface area contributed by atoms with Gasteiger partial charge in [-0.1, -0.05) is 29.3 Å². The molecular weight excluding hydrogens is 435 g/mol. The average Bonchev–Trinajstić information content (AvgIpc) is 3.22. The largest absolute Gasteiger partial charge is 0.497 e. The molecule has 6 nitrogen and oxygen atoms in total. The molecule has 0 unspecified atom stereocenters. The summed E-state index contributed by atoms with van der Waals surface area (Å²) in [5.74, 6) is 0.805. The number of ether oxygens (including phenoxy) is 1. The summed E-state index contributed by atoms with van der Waals surface area (Å²) in [7, 11) is 1.60. The van der Waals surface area contributed by atoms with Crippen LogP contribution in [0.25, 0.3) is 17.1 Å². The van der Waals surface area contributed by atoms with Crippen molar-refractivity contribution in [2.75, 3.05) is 12.4 Å². The Kier molecular flexibility index (Phi) is 5.93. The molecule has 1 aromatic heterocycles. The number of rotatable bonds is 5. The van der Waals surface area contributed by atoms with Crippen LogP contribution in [0.2, 0.25) is 10.0 Å². The number of anilines is 1. The molecule has 0 fully saturated rings. The Labute approximate surface area is 189 Å². The summed E-state index contributed by atoms with van der Waals surface area (Å²) in [5, 5.41) is 8.42. The molecule has 0 radical (unpaired) electrons. The Hall–Kier alpha value is -3.35. The van der Waals surface area contributed by atoms with Crippen LogP contribution in [0.4, 0.5) is 5.69 Å². The summed E-state index contributed by atoms with van der Waals surface area (Å²) in [6.07, 6.45) is 0. The number of amides is 1. The van der Waals surface area contributed by atoms with Crippen LogP contribution in [-0.4, -0.2) is 27.8 Å². The van der Waals surface area contributed by atoms with Gasteiger partial charge in [0.1, 0.15) is 5.75 Å². The molecule has 31 heavy (non-hydrogen) atoms. The van der Waals surface area contributed by atoms with Crippen molar-refractivity contribution in [3.63, 3.8) is 0 Å². The van der Waals surface area contributed by atoms with E-state index in [1.807, 2.05) is 49.4 Å². The molecule has 156 valence electrons. The normalized spacial score (nSPS) is 10.7. The van der Waals surface area contributed by atoms with Crippen LogP contribution in [0.5, 0.6) is 5.75 Å². The summed E-state index contributed by atoms with van der Waals surface area (Å²) >= 11 is 12.2. The fourth-order valence-electron chi connectivity index (χ4n) is 2.96. The number of nitrogens with zero attached hydrogens (tertiary/aromatic N) is 3. The molecule has 1 amide bonds. The summed E-state index contributed by atoms with van der Waals surface area (Å²) in [6.45, 7) is 1.89. The van der Waals surface area contributed by atoms with Gasteiger partial charge in [-0.3, -0.25) is 4.79 Å². The van der Waals surface area contributed by atoms with Gasteiger partial charge >= 0.3 is 0 Å². The minimum atomic E-state index is -0.442. The second-order valence-electron chi connectivity index (χ2n) is 6.79. The Morgan fingerprint density at radius 3 is 2.35 bits per heavy atom. The maximum absolute atomic E-state index is 12.9.